The maximum absolute atomic E-state index is 5.82. The number of anilines is 1. The third-order valence-electron chi connectivity index (χ3n) is 2.60. The van der Waals surface area contributed by atoms with Crippen LogP contribution in [0.25, 0.3) is 0 Å². The topological polar surface area (TPSA) is 29.0 Å². The maximum atomic E-state index is 5.82. The summed E-state index contributed by atoms with van der Waals surface area (Å²) in [4.78, 5) is 10.4. The van der Waals surface area contributed by atoms with E-state index in [1.807, 2.05) is 6.07 Å². The summed E-state index contributed by atoms with van der Waals surface area (Å²) in [6.45, 7) is 4.43. The van der Waals surface area contributed by atoms with Crippen molar-refractivity contribution in [3.05, 3.63) is 17.5 Å². The van der Waals surface area contributed by atoms with Gasteiger partial charge in [-0.3, -0.25) is 0 Å². The lowest BCUT2D eigenvalue weighted by Crippen LogP contribution is -2.34. The molecular weight excluding hydrogens is 198 g/mol. The predicted octanol–water partition coefficient (Wildman–Crippen LogP) is 2.37. The smallest absolute Gasteiger partial charge is 0.134 e. The fraction of sp³-hybridized carbons (Fsp3) is 0.600. The quantitative estimate of drug-likeness (QED) is 0.668. The number of hydrogen-bond donors (Lipinski definition) is 0. The van der Waals surface area contributed by atoms with E-state index in [2.05, 4.69) is 21.8 Å². The Labute approximate surface area is 89.1 Å². The standard InChI is InChI=1S/C10H14ClN3/c1-8-3-2-4-14(6-8)10-5-9(11)12-7-13-10/h5,7-8H,2-4,6H2,1H3. The lowest BCUT2D eigenvalue weighted by atomic mass is 10.0. The molecule has 2 heterocycles. The van der Waals surface area contributed by atoms with Crippen molar-refractivity contribution in [2.45, 2.75) is 19.8 Å². The number of aromatic nitrogens is 2. The van der Waals surface area contributed by atoms with Crippen molar-refractivity contribution in [2.24, 2.45) is 5.92 Å². The van der Waals surface area contributed by atoms with Crippen LogP contribution in [0, 0.1) is 5.92 Å². The van der Waals surface area contributed by atoms with Gasteiger partial charge in [0.1, 0.15) is 17.3 Å². The van der Waals surface area contributed by atoms with Crippen molar-refractivity contribution in [3.63, 3.8) is 0 Å². The molecule has 0 aliphatic carbocycles. The van der Waals surface area contributed by atoms with Gasteiger partial charge in [-0.1, -0.05) is 18.5 Å². The molecule has 0 aromatic carbocycles. The van der Waals surface area contributed by atoms with Crippen LogP contribution in [0.5, 0.6) is 0 Å². The van der Waals surface area contributed by atoms with Gasteiger partial charge in [-0.25, -0.2) is 9.97 Å². The Bertz CT molecular complexity index is 316. The monoisotopic (exact) mass is 211 g/mol. The molecule has 1 saturated heterocycles. The highest BCUT2D eigenvalue weighted by molar-refractivity contribution is 6.29. The SMILES string of the molecule is CC1CCCN(c2cc(Cl)ncn2)C1. The minimum atomic E-state index is 0.522. The highest BCUT2D eigenvalue weighted by atomic mass is 35.5. The molecule has 1 unspecified atom stereocenters. The van der Waals surface area contributed by atoms with E-state index < -0.39 is 0 Å². The predicted molar refractivity (Wildman–Crippen MR) is 57.7 cm³/mol. The Kier molecular flexibility index (Phi) is 2.87. The van der Waals surface area contributed by atoms with Crippen LogP contribution in [0.15, 0.2) is 12.4 Å². The maximum Gasteiger partial charge on any atom is 0.134 e. The van der Waals surface area contributed by atoms with E-state index >= 15 is 0 Å². The molecule has 1 aliphatic rings. The normalized spacial score (nSPS) is 22.4. The van der Waals surface area contributed by atoms with Crippen molar-refractivity contribution in [2.75, 3.05) is 18.0 Å². The van der Waals surface area contributed by atoms with Crippen molar-refractivity contribution < 1.29 is 0 Å². The minimum Gasteiger partial charge on any atom is -0.356 e. The highest BCUT2D eigenvalue weighted by Gasteiger charge is 2.17. The molecule has 2 rings (SSSR count). The van der Waals surface area contributed by atoms with Crippen molar-refractivity contribution in [1.29, 1.82) is 0 Å². The summed E-state index contributed by atoms with van der Waals surface area (Å²) in [6, 6.07) is 1.83. The third kappa shape index (κ3) is 2.15. The first-order chi connectivity index (χ1) is 6.75. The van der Waals surface area contributed by atoms with E-state index in [0.717, 1.165) is 24.8 Å². The molecule has 14 heavy (non-hydrogen) atoms. The van der Waals surface area contributed by atoms with Crippen LogP contribution in [-0.2, 0) is 0 Å². The van der Waals surface area contributed by atoms with Gasteiger partial charge < -0.3 is 4.90 Å². The van der Waals surface area contributed by atoms with Gasteiger partial charge in [0, 0.05) is 19.2 Å². The number of rotatable bonds is 1. The second-order valence-electron chi connectivity index (χ2n) is 3.89. The highest BCUT2D eigenvalue weighted by Crippen LogP contribution is 2.21. The van der Waals surface area contributed by atoms with Gasteiger partial charge in [0.15, 0.2) is 0 Å². The van der Waals surface area contributed by atoms with E-state index in [1.165, 1.54) is 19.2 Å². The van der Waals surface area contributed by atoms with Crippen LogP contribution in [0.4, 0.5) is 5.82 Å². The molecule has 0 saturated carbocycles. The van der Waals surface area contributed by atoms with E-state index in [1.54, 1.807) is 0 Å². The van der Waals surface area contributed by atoms with Gasteiger partial charge in [-0.05, 0) is 18.8 Å². The molecule has 1 aliphatic heterocycles. The number of nitrogens with zero attached hydrogens (tertiary/aromatic N) is 3. The van der Waals surface area contributed by atoms with E-state index in [9.17, 15) is 0 Å². The van der Waals surface area contributed by atoms with Crippen LogP contribution in [-0.4, -0.2) is 23.1 Å². The van der Waals surface area contributed by atoms with Crippen molar-refractivity contribution >= 4 is 17.4 Å². The molecule has 0 bridgehead atoms. The molecule has 0 amide bonds. The van der Waals surface area contributed by atoms with Gasteiger partial charge in [0.2, 0.25) is 0 Å². The minimum absolute atomic E-state index is 0.522. The fourth-order valence-corrected chi connectivity index (χ4v) is 2.04. The summed E-state index contributed by atoms with van der Waals surface area (Å²) < 4.78 is 0. The molecule has 1 atom stereocenters. The largest absolute Gasteiger partial charge is 0.356 e. The van der Waals surface area contributed by atoms with Gasteiger partial charge in [-0.15, -0.1) is 0 Å². The summed E-state index contributed by atoms with van der Waals surface area (Å²) in [7, 11) is 0. The molecule has 1 aromatic heterocycles. The molecule has 0 radical (unpaired) electrons. The van der Waals surface area contributed by atoms with E-state index in [4.69, 9.17) is 11.6 Å². The summed E-state index contributed by atoms with van der Waals surface area (Å²) >= 11 is 5.82. The number of hydrogen-bond acceptors (Lipinski definition) is 3. The average Bonchev–Trinajstić information content (AvgIpc) is 2.18. The van der Waals surface area contributed by atoms with Crippen LogP contribution < -0.4 is 4.90 Å². The zero-order chi connectivity index (χ0) is 9.97. The second kappa shape index (κ2) is 4.13. The van der Waals surface area contributed by atoms with E-state index in [-0.39, 0.29) is 0 Å². The average molecular weight is 212 g/mol. The molecule has 0 N–H and O–H groups in total. The van der Waals surface area contributed by atoms with Crippen molar-refractivity contribution in [3.8, 4) is 0 Å². The summed E-state index contributed by atoms with van der Waals surface area (Å²) in [6.07, 6.45) is 4.08. The van der Waals surface area contributed by atoms with Crippen molar-refractivity contribution in [1.82, 2.24) is 9.97 Å². The van der Waals surface area contributed by atoms with Gasteiger partial charge >= 0.3 is 0 Å². The molecule has 1 fully saturated rings. The molecule has 1 aromatic rings. The third-order valence-corrected chi connectivity index (χ3v) is 2.81. The lowest BCUT2D eigenvalue weighted by Gasteiger charge is -2.31. The Morgan fingerprint density at radius 1 is 1.50 bits per heavy atom. The Morgan fingerprint density at radius 2 is 2.36 bits per heavy atom. The second-order valence-corrected chi connectivity index (χ2v) is 4.28. The molecule has 0 spiro atoms. The zero-order valence-electron chi connectivity index (χ0n) is 8.28. The van der Waals surface area contributed by atoms with E-state index in [0.29, 0.717) is 5.15 Å². The molecular formula is C10H14ClN3. The number of piperidine rings is 1. The first-order valence-corrected chi connectivity index (χ1v) is 5.36. The van der Waals surface area contributed by atoms with Crippen LogP contribution in [0.1, 0.15) is 19.8 Å². The molecule has 4 heteroatoms. The first kappa shape index (κ1) is 9.71. The Hall–Kier alpha value is -0.830. The summed E-state index contributed by atoms with van der Waals surface area (Å²) in [5.41, 5.74) is 0. The van der Waals surface area contributed by atoms with Gasteiger partial charge in [0.05, 0.1) is 0 Å². The summed E-state index contributed by atoms with van der Waals surface area (Å²) in [5, 5.41) is 0.522. The van der Waals surface area contributed by atoms with Crippen LogP contribution in [0.2, 0.25) is 5.15 Å². The lowest BCUT2D eigenvalue weighted by molar-refractivity contribution is 0.444. The molecule has 3 nitrogen and oxygen atoms in total. The molecule has 76 valence electrons. The van der Waals surface area contributed by atoms with Crippen LogP contribution in [0.3, 0.4) is 0 Å². The zero-order valence-corrected chi connectivity index (χ0v) is 9.04. The van der Waals surface area contributed by atoms with Gasteiger partial charge in [0.25, 0.3) is 0 Å². The Balaban J connectivity index is 2.14. The van der Waals surface area contributed by atoms with Crippen LogP contribution >= 0.6 is 11.6 Å². The summed E-state index contributed by atoms with van der Waals surface area (Å²) in [5.74, 6) is 1.70. The Morgan fingerprint density at radius 3 is 3.07 bits per heavy atom. The fourth-order valence-electron chi connectivity index (χ4n) is 1.89. The van der Waals surface area contributed by atoms with Gasteiger partial charge in [-0.2, -0.15) is 0 Å². The number of halogens is 1. The first-order valence-electron chi connectivity index (χ1n) is 4.98.